The summed E-state index contributed by atoms with van der Waals surface area (Å²) in [5.74, 6) is 3.23. The van der Waals surface area contributed by atoms with Crippen molar-refractivity contribution < 1.29 is 23.7 Å². The van der Waals surface area contributed by atoms with E-state index in [1.54, 1.807) is 64.5 Å². The largest absolute Gasteiger partial charge is 0.493 e. The van der Waals surface area contributed by atoms with Gasteiger partial charge in [-0.15, -0.1) is 0 Å². The summed E-state index contributed by atoms with van der Waals surface area (Å²) in [6.07, 6.45) is 1.60. The molecule has 0 fully saturated rings. The van der Waals surface area contributed by atoms with Crippen LogP contribution in [-0.2, 0) is 0 Å². The molecule has 0 saturated heterocycles. The van der Waals surface area contributed by atoms with Gasteiger partial charge in [0.2, 0.25) is 5.75 Å². The molecule has 33 heavy (non-hydrogen) atoms. The van der Waals surface area contributed by atoms with Crippen LogP contribution in [0.5, 0.6) is 28.7 Å². The number of methoxy groups -OCH3 is 5. The first-order valence-electron chi connectivity index (χ1n) is 9.87. The molecule has 0 amide bonds. The summed E-state index contributed by atoms with van der Waals surface area (Å²) in [7, 11) is 7.80. The van der Waals surface area contributed by atoms with Gasteiger partial charge >= 0.3 is 0 Å². The number of ether oxygens (including phenoxy) is 5. The number of fused-ring (bicyclic) bond motifs is 1. The number of aromatic nitrogens is 3. The van der Waals surface area contributed by atoms with E-state index in [1.165, 1.54) is 0 Å². The topological polar surface area (TPSA) is 115 Å². The van der Waals surface area contributed by atoms with E-state index >= 15 is 0 Å². The first-order valence-corrected chi connectivity index (χ1v) is 9.87. The fraction of sp³-hybridized carbons (Fsp3) is 0.217. The lowest BCUT2D eigenvalue weighted by Crippen LogP contribution is -2.00. The molecule has 2 aromatic heterocycles. The van der Waals surface area contributed by atoms with Crippen LogP contribution < -0.4 is 29.0 Å². The minimum atomic E-state index is 0.407. The van der Waals surface area contributed by atoms with Crippen molar-refractivity contribution in [3.63, 3.8) is 0 Å². The lowest BCUT2D eigenvalue weighted by atomic mass is 10.1. The maximum atomic E-state index is 9.51. The van der Waals surface area contributed by atoms with E-state index in [0.29, 0.717) is 57.0 Å². The third-order valence-electron chi connectivity index (χ3n) is 5.16. The second kappa shape index (κ2) is 8.92. The second-order valence-corrected chi connectivity index (χ2v) is 6.88. The van der Waals surface area contributed by atoms with Gasteiger partial charge in [-0.05, 0) is 24.3 Å². The zero-order valence-electron chi connectivity index (χ0n) is 18.8. The number of nitrogens with one attached hydrogen (secondary N) is 2. The Kier molecular flexibility index (Phi) is 5.87. The monoisotopic (exact) mass is 449 g/mol. The third-order valence-corrected chi connectivity index (χ3v) is 5.16. The van der Waals surface area contributed by atoms with Gasteiger partial charge in [-0.2, -0.15) is 5.26 Å². The lowest BCUT2D eigenvalue weighted by molar-refractivity contribution is 0.324. The van der Waals surface area contributed by atoms with E-state index < -0.39 is 0 Å². The van der Waals surface area contributed by atoms with Crippen molar-refractivity contribution in [2.24, 2.45) is 0 Å². The van der Waals surface area contributed by atoms with Gasteiger partial charge < -0.3 is 29.0 Å². The molecule has 170 valence electrons. The number of nitriles is 1. The van der Waals surface area contributed by atoms with Crippen molar-refractivity contribution >= 4 is 17.2 Å². The predicted molar refractivity (Wildman–Crippen MR) is 122 cm³/mol. The van der Waals surface area contributed by atoms with Gasteiger partial charge in [0.15, 0.2) is 34.5 Å². The van der Waals surface area contributed by atoms with Crippen molar-refractivity contribution in [1.82, 2.24) is 14.6 Å². The Morgan fingerprint density at radius 1 is 0.879 bits per heavy atom. The van der Waals surface area contributed by atoms with Crippen LogP contribution in [0.4, 0.5) is 11.5 Å². The smallest absolute Gasteiger partial charge is 0.203 e. The van der Waals surface area contributed by atoms with E-state index in [-0.39, 0.29) is 0 Å². The number of H-pyrrole nitrogens is 1. The van der Waals surface area contributed by atoms with E-state index in [2.05, 4.69) is 16.5 Å². The molecule has 0 aliphatic rings. The first kappa shape index (κ1) is 21.7. The Morgan fingerprint density at radius 2 is 1.55 bits per heavy atom. The highest BCUT2D eigenvalue weighted by Gasteiger charge is 2.22. The van der Waals surface area contributed by atoms with Crippen LogP contribution in [0.3, 0.4) is 0 Å². The highest BCUT2D eigenvalue weighted by Crippen LogP contribution is 2.43. The summed E-state index contributed by atoms with van der Waals surface area (Å²) in [5.41, 5.74) is 2.89. The number of hydrogen-bond donors (Lipinski definition) is 2. The van der Waals surface area contributed by atoms with Crippen LogP contribution >= 0.6 is 0 Å². The number of imidazole rings is 1. The molecule has 0 radical (unpaired) electrons. The van der Waals surface area contributed by atoms with Crippen molar-refractivity contribution in [2.45, 2.75) is 0 Å². The summed E-state index contributed by atoms with van der Waals surface area (Å²) >= 11 is 0. The highest BCUT2D eigenvalue weighted by molar-refractivity contribution is 5.83. The SMILES string of the molecule is COc1ccc(Nc2c(-c3cc(OC)c(OC)c(OC)c3)nc3c(C#N)c[nH]n23)cc1OC. The van der Waals surface area contributed by atoms with Gasteiger partial charge in [0.25, 0.3) is 0 Å². The molecular weight excluding hydrogens is 426 g/mol. The molecular formula is C23H23N5O5. The van der Waals surface area contributed by atoms with E-state index in [1.807, 2.05) is 12.1 Å². The molecule has 0 unspecified atom stereocenters. The summed E-state index contributed by atoms with van der Waals surface area (Å²) in [4.78, 5) is 4.73. The van der Waals surface area contributed by atoms with Gasteiger partial charge in [0.05, 0.1) is 35.5 Å². The van der Waals surface area contributed by atoms with Crippen LogP contribution in [0, 0.1) is 11.3 Å². The molecule has 10 heteroatoms. The molecule has 0 spiro atoms. The van der Waals surface area contributed by atoms with E-state index in [4.69, 9.17) is 28.7 Å². The first-order chi connectivity index (χ1) is 16.1. The maximum absolute atomic E-state index is 9.51. The zero-order valence-corrected chi connectivity index (χ0v) is 18.8. The van der Waals surface area contributed by atoms with Gasteiger partial charge in [0.1, 0.15) is 17.3 Å². The number of hydrogen-bond acceptors (Lipinski definition) is 8. The Bertz CT molecular complexity index is 1330. The highest BCUT2D eigenvalue weighted by atomic mass is 16.5. The molecule has 0 atom stereocenters. The van der Waals surface area contributed by atoms with E-state index in [9.17, 15) is 5.26 Å². The Morgan fingerprint density at radius 3 is 2.12 bits per heavy atom. The molecule has 0 aliphatic heterocycles. The van der Waals surface area contributed by atoms with Crippen LogP contribution in [0.2, 0.25) is 0 Å². The molecule has 2 heterocycles. The quantitative estimate of drug-likeness (QED) is 0.415. The Hall–Kier alpha value is -4.52. The van der Waals surface area contributed by atoms with Crippen molar-refractivity contribution in [1.29, 1.82) is 5.26 Å². The van der Waals surface area contributed by atoms with E-state index in [0.717, 1.165) is 5.69 Å². The number of rotatable bonds is 8. The van der Waals surface area contributed by atoms with Gasteiger partial charge in [-0.3, -0.25) is 5.10 Å². The standard InChI is InChI=1S/C23H23N5O5/c1-29-16-7-6-15(10-17(16)30-2)26-23-20(27-22-14(11-24)12-25-28(22)23)13-8-18(31-3)21(33-5)19(9-13)32-4/h6-10,12,25-26H,1-5H3. The Balaban J connectivity index is 1.91. The zero-order chi connectivity index (χ0) is 23.5. The molecule has 2 N–H and O–H groups in total. The van der Waals surface area contributed by atoms with Crippen LogP contribution in [0.15, 0.2) is 36.5 Å². The van der Waals surface area contributed by atoms with Crippen LogP contribution in [0.25, 0.3) is 16.9 Å². The summed E-state index contributed by atoms with van der Waals surface area (Å²) in [6.45, 7) is 0. The minimum absolute atomic E-state index is 0.407. The Labute approximate surface area is 190 Å². The van der Waals surface area contributed by atoms with Crippen molar-refractivity contribution in [3.05, 3.63) is 42.1 Å². The van der Waals surface area contributed by atoms with Crippen molar-refractivity contribution in [2.75, 3.05) is 40.9 Å². The molecule has 0 saturated carbocycles. The second-order valence-electron chi connectivity index (χ2n) is 6.88. The fourth-order valence-corrected chi connectivity index (χ4v) is 3.59. The summed E-state index contributed by atoms with van der Waals surface area (Å²) < 4.78 is 28.9. The molecule has 4 aromatic rings. The summed E-state index contributed by atoms with van der Waals surface area (Å²) in [6, 6.07) is 11.2. The third kappa shape index (κ3) is 3.70. The molecule has 0 bridgehead atoms. The maximum Gasteiger partial charge on any atom is 0.203 e. The average molecular weight is 449 g/mol. The predicted octanol–water partition coefficient (Wildman–Crippen LogP) is 3.99. The molecule has 2 aromatic carbocycles. The normalized spacial score (nSPS) is 10.5. The molecule has 0 aliphatic carbocycles. The van der Waals surface area contributed by atoms with Gasteiger partial charge in [-0.1, -0.05) is 0 Å². The van der Waals surface area contributed by atoms with Crippen LogP contribution in [0.1, 0.15) is 5.56 Å². The van der Waals surface area contributed by atoms with Gasteiger partial charge in [-0.25, -0.2) is 9.50 Å². The number of nitrogens with zero attached hydrogens (tertiary/aromatic N) is 3. The van der Waals surface area contributed by atoms with Gasteiger partial charge in [0, 0.05) is 23.5 Å². The lowest BCUT2D eigenvalue weighted by Gasteiger charge is -2.15. The minimum Gasteiger partial charge on any atom is -0.493 e. The number of benzene rings is 2. The molecule has 4 rings (SSSR count). The number of aromatic amines is 1. The summed E-state index contributed by atoms with van der Waals surface area (Å²) in [5, 5.41) is 16.0. The van der Waals surface area contributed by atoms with Crippen LogP contribution in [-0.4, -0.2) is 50.1 Å². The molecule has 10 nitrogen and oxygen atoms in total. The average Bonchev–Trinajstić information content (AvgIpc) is 3.42. The van der Waals surface area contributed by atoms with Crippen molar-refractivity contribution in [3.8, 4) is 46.1 Å². The number of anilines is 2. The fourth-order valence-electron chi connectivity index (χ4n) is 3.59.